The standard InChI is InChI=1S/C19H21N3O3/c1-13-6-7-16(11-14(13)2)25-15(3)19(23)21-18-8-9-20-22(18)12-17-5-4-10-24-17/h4-11,15H,12H2,1-3H3,(H,21,23)/t15-/m0/s1. The van der Waals surface area contributed by atoms with E-state index in [-0.39, 0.29) is 5.91 Å². The van der Waals surface area contributed by atoms with Gasteiger partial charge in [0.05, 0.1) is 12.5 Å². The number of anilines is 1. The zero-order valence-electron chi connectivity index (χ0n) is 14.5. The minimum atomic E-state index is -0.630. The van der Waals surface area contributed by atoms with Gasteiger partial charge in [-0.05, 0) is 56.2 Å². The maximum absolute atomic E-state index is 12.4. The van der Waals surface area contributed by atoms with E-state index >= 15 is 0 Å². The van der Waals surface area contributed by atoms with E-state index in [1.165, 1.54) is 5.56 Å². The van der Waals surface area contributed by atoms with Crippen molar-refractivity contribution in [2.75, 3.05) is 5.32 Å². The van der Waals surface area contributed by atoms with Crippen LogP contribution in [0.2, 0.25) is 0 Å². The molecule has 1 atom stereocenters. The summed E-state index contributed by atoms with van der Waals surface area (Å²) in [7, 11) is 0. The summed E-state index contributed by atoms with van der Waals surface area (Å²) >= 11 is 0. The average Bonchev–Trinajstić information content (AvgIpc) is 3.24. The monoisotopic (exact) mass is 339 g/mol. The molecule has 25 heavy (non-hydrogen) atoms. The van der Waals surface area contributed by atoms with Gasteiger partial charge in [-0.1, -0.05) is 6.07 Å². The maximum atomic E-state index is 12.4. The highest BCUT2D eigenvalue weighted by Crippen LogP contribution is 2.18. The molecule has 0 saturated carbocycles. The molecule has 0 saturated heterocycles. The largest absolute Gasteiger partial charge is 0.481 e. The number of rotatable bonds is 6. The number of hydrogen-bond donors (Lipinski definition) is 1. The van der Waals surface area contributed by atoms with E-state index in [1.54, 1.807) is 30.1 Å². The molecule has 0 spiro atoms. The number of nitrogens with zero attached hydrogens (tertiary/aromatic N) is 2. The SMILES string of the molecule is Cc1ccc(O[C@@H](C)C(=O)Nc2ccnn2Cc2ccco2)cc1C. The Morgan fingerprint density at radius 2 is 2.12 bits per heavy atom. The highest BCUT2D eigenvalue weighted by molar-refractivity contribution is 5.93. The first-order valence-electron chi connectivity index (χ1n) is 8.12. The number of aryl methyl sites for hydroxylation is 2. The lowest BCUT2D eigenvalue weighted by molar-refractivity contribution is -0.122. The highest BCUT2D eigenvalue weighted by atomic mass is 16.5. The number of carbonyl (C=O) groups excluding carboxylic acids is 1. The number of amides is 1. The van der Waals surface area contributed by atoms with E-state index in [0.29, 0.717) is 18.1 Å². The van der Waals surface area contributed by atoms with E-state index in [9.17, 15) is 4.79 Å². The van der Waals surface area contributed by atoms with Crippen molar-refractivity contribution in [3.8, 4) is 5.75 Å². The molecular formula is C19H21N3O3. The van der Waals surface area contributed by atoms with E-state index in [4.69, 9.17) is 9.15 Å². The minimum absolute atomic E-state index is 0.237. The van der Waals surface area contributed by atoms with Gasteiger partial charge in [0.15, 0.2) is 6.10 Å². The summed E-state index contributed by atoms with van der Waals surface area (Å²) in [4.78, 5) is 12.4. The van der Waals surface area contributed by atoms with Gasteiger partial charge in [-0.2, -0.15) is 5.10 Å². The second-order valence-corrected chi connectivity index (χ2v) is 5.95. The summed E-state index contributed by atoms with van der Waals surface area (Å²) in [5.74, 6) is 1.80. The van der Waals surface area contributed by atoms with Gasteiger partial charge in [0.25, 0.3) is 5.91 Å². The average molecular weight is 339 g/mol. The van der Waals surface area contributed by atoms with Gasteiger partial charge < -0.3 is 14.5 Å². The first kappa shape index (κ1) is 16.8. The van der Waals surface area contributed by atoms with Crippen molar-refractivity contribution < 1.29 is 13.9 Å². The molecule has 0 bridgehead atoms. The van der Waals surface area contributed by atoms with Crippen molar-refractivity contribution in [2.24, 2.45) is 0 Å². The molecule has 1 aromatic carbocycles. The number of ether oxygens (including phenoxy) is 1. The number of carbonyl (C=O) groups is 1. The Morgan fingerprint density at radius 1 is 1.28 bits per heavy atom. The number of hydrogen-bond acceptors (Lipinski definition) is 4. The summed E-state index contributed by atoms with van der Waals surface area (Å²) in [5, 5.41) is 7.05. The molecule has 0 aliphatic carbocycles. The fourth-order valence-corrected chi connectivity index (χ4v) is 2.39. The number of aromatic nitrogens is 2. The van der Waals surface area contributed by atoms with Crippen molar-refractivity contribution in [1.29, 1.82) is 0 Å². The topological polar surface area (TPSA) is 69.3 Å². The molecule has 6 nitrogen and oxygen atoms in total. The lowest BCUT2D eigenvalue weighted by atomic mass is 10.1. The van der Waals surface area contributed by atoms with E-state index < -0.39 is 6.10 Å². The molecule has 3 rings (SSSR count). The first-order valence-corrected chi connectivity index (χ1v) is 8.12. The van der Waals surface area contributed by atoms with Crippen molar-refractivity contribution in [1.82, 2.24) is 9.78 Å². The van der Waals surface area contributed by atoms with Gasteiger partial charge in [-0.3, -0.25) is 4.79 Å². The zero-order chi connectivity index (χ0) is 17.8. The third-order valence-corrected chi connectivity index (χ3v) is 4.01. The molecule has 0 aliphatic heterocycles. The Balaban J connectivity index is 1.63. The molecule has 0 fully saturated rings. The first-order chi connectivity index (χ1) is 12.0. The molecule has 1 amide bonds. The van der Waals surface area contributed by atoms with Crippen LogP contribution in [0.5, 0.6) is 5.75 Å². The van der Waals surface area contributed by atoms with Crippen molar-refractivity contribution in [3.05, 3.63) is 65.7 Å². The quantitative estimate of drug-likeness (QED) is 0.746. The van der Waals surface area contributed by atoms with Crippen LogP contribution in [0, 0.1) is 13.8 Å². The van der Waals surface area contributed by atoms with Crippen molar-refractivity contribution >= 4 is 11.7 Å². The minimum Gasteiger partial charge on any atom is -0.481 e. The van der Waals surface area contributed by atoms with Crippen molar-refractivity contribution in [3.63, 3.8) is 0 Å². The molecule has 2 aromatic heterocycles. The highest BCUT2D eigenvalue weighted by Gasteiger charge is 2.17. The summed E-state index contributed by atoms with van der Waals surface area (Å²) in [6.07, 6.45) is 2.61. The number of furan rings is 1. The Labute approximate surface area is 146 Å². The van der Waals surface area contributed by atoms with Crippen LogP contribution >= 0.6 is 0 Å². The molecule has 130 valence electrons. The van der Waals surface area contributed by atoms with Crippen LogP contribution in [-0.2, 0) is 11.3 Å². The van der Waals surface area contributed by atoms with Crippen LogP contribution in [0.3, 0.4) is 0 Å². The second-order valence-electron chi connectivity index (χ2n) is 5.95. The lowest BCUT2D eigenvalue weighted by Crippen LogP contribution is -2.31. The van der Waals surface area contributed by atoms with Crippen LogP contribution in [0.1, 0.15) is 23.8 Å². The smallest absolute Gasteiger partial charge is 0.266 e. The Hall–Kier alpha value is -3.02. The predicted molar refractivity (Wildman–Crippen MR) is 94.7 cm³/mol. The summed E-state index contributed by atoms with van der Waals surface area (Å²) in [6.45, 7) is 6.22. The van der Waals surface area contributed by atoms with Gasteiger partial charge >= 0.3 is 0 Å². The fourth-order valence-electron chi connectivity index (χ4n) is 2.39. The third-order valence-electron chi connectivity index (χ3n) is 4.01. The second kappa shape index (κ2) is 7.25. The van der Waals surface area contributed by atoms with Crippen LogP contribution in [0.25, 0.3) is 0 Å². The van der Waals surface area contributed by atoms with Crippen LogP contribution in [-0.4, -0.2) is 21.8 Å². The van der Waals surface area contributed by atoms with Gasteiger partial charge in [0.1, 0.15) is 23.9 Å². The van der Waals surface area contributed by atoms with Crippen LogP contribution in [0.15, 0.2) is 53.3 Å². The van der Waals surface area contributed by atoms with Gasteiger partial charge in [0.2, 0.25) is 0 Å². The molecule has 0 unspecified atom stereocenters. The van der Waals surface area contributed by atoms with E-state index in [1.807, 2.05) is 44.2 Å². The number of nitrogens with one attached hydrogen (secondary N) is 1. The Bertz CT molecular complexity index is 853. The fraction of sp³-hybridized carbons (Fsp3) is 0.263. The lowest BCUT2D eigenvalue weighted by Gasteiger charge is -2.16. The predicted octanol–water partition coefficient (Wildman–Crippen LogP) is 3.55. The van der Waals surface area contributed by atoms with Crippen molar-refractivity contribution in [2.45, 2.75) is 33.4 Å². The Kier molecular flexibility index (Phi) is 4.88. The molecule has 0 aliphatic rings. The molecule has 2 heterocycles. The van der Waals surface area contributed by atoms with Gasteiger partial charge in [-0.25, -0.2) is 4.68 Å². The molecule has 1 N–H and O–H groups in total. The molecular weight excluding hydrogens is 318 g/mol. The van der Waals surface area contributed by atoms with E-state index in [0.717, 1.165) is 11.3 Å². The van der Waals surface area contributed by atoms with E-state index in [2.05, 4.69) is 10.4 Å². The van der Waals surface area contributed by atoms with Gasteiger partial charge in [-0.15, -0.1) is 0 Å². The zero-order valence-corrected chi connectivity index (χ0v) is 14.5. The maximum Gasteiger partial charge on any atom is 0.266 e. The third kappa shape index (κ3) is 4.09. The molecule has 6 heteroatoms. The normalized spacial score (nSPS) is 12.0. The molecule has 3 aromatic rings. The van der Waals surface area contributed by atoms with Crippen LogP contribution in [0.4, 0.5) is 5.82 Å². The summed E-state index contributed by atoms with van der Waals surface area (Å²) < 4.78 is 12.7. The summed E-state index contributed by atoms with van der Waals surface area (Å²) in [6, 6.07) is 11.2. The summed E-state index contributed by atoms with van der Waals surface area (Å²) in [5.41, 5.74) is 2.31. The molecule has 0 radical (unpaired) electrons. The Morgan fingerprint density at radius 3 is 2.84 bits per heavy atom. The number of benzene rings is 1. The van der Waals surface area contributed by atoms with Crippen LogP contribution < -0.4 is 10.1 Å². The van der Waals surface area contributed by atoms with Gasteiger partial charge in [0, 0.05) is 6.07 Å².